The predicted molar refractivity (Wildman–Crippen MR) is 99.3 cm³/mol. The van der Waals surface area contributed by atoms with Crippen molar-refractivity contribution in [2.45, 2.75) is 26.8 Å². The lowest BCUT2D eigenvalue weighted by molar-refractivity contribution is -0.118. The molecule has 0 spiro atoms. The topological polar surface area (TPSA) is 95.5 Å². The van der Waals surface area contributed by atoms with E-state index in [4.69, 9.17) is 5.11 Å². The molecule has 0 aromatic heterocycles. The first-order chi connectivity index (χ1) is 12.3. The number of hydrogen-bond acceptors (Lipinski definition) is 3. The molecule has 0 aliphatic heterocycles. The second kappa shape index (κ2) is 8.29. The predicted octanol–water partition coefficient (Wildman–Crippen LogP) is 3.09. The van der Waals surface area contributed by atoms with Crippen LogP contribution in [0.4, 0.5) is 5.69 Å². The van der Waals surface area contributed by atoms with Gasteiger partial charge in [0, 0.05) is 11.3 Å². The van der Waals surface area contributed by atoms with Crippen molar-refractivity contribution in [2.75, 3.05) is 5.32 Å². The molecule has 26 heavy (non-hydrogen) atoms. The molecule has 2 amide bonds. The summed E-state index contributed by atoms with van der Waals surface area (Å²) in [5, 5.41) is 14.4. The van der Waals surface area contributed by atoms with E-state index in [1.807, 2.05) is 32.9 Å². The summed E-state index contributed by atoms with van der Waals surface area (Å²) < 4.78 is 0. The lowest BCUT2D eigenvalue weighted by Crippen LogP contribution is -2.47. The number of carbonyl (C=O) groups excluding carboxylic acids is 2. The zero-order chi connectivity index (χ0) is 19.3. The number of amides is 2. The van der Waals surface area contributed by atoms with Gasteiger partial charge in [-0.1, -0.05) is 37.6 Å². The first kappa shape index (κ1) is 19.2. The zero-order valence-electron chi connectivity index (χ0n) is 14.9. The summed E-state index contributed by atoms with van der Waals surface area (Å²) in [7, 11) is 0. The van der Waals surface area contributed by atoms with Crippen LogP contribution in [0.1, 0.15) is 40.1 Å². The fourth-order valence-corrected chi connectivity index (χ4v) is 2.41. The van der Waals surface area contributed by atoms with Crippen LogP contribution >= 0.6 is 0 Å². The average molecular weight is 354 g/mol. The van der Waals surface area contributed by atoms with E-state index in [0.29, 0.717) is 11.3 Å². The van der Waals surface area contributed by atoms with Gasteiger partial charge in [-0.25, -0.2) is 4.79 Å². The average Bonchev–Trinajstić information content (AvgIpc) is 2.59. The number of aryl methyl sites for hydroxylation is 1. The summed E-state index contributed by atoms with van der Waals surface area (Å²) in [6.45, 7) is 5.58. The largest absolute Gasteiger partial charge is 0.478 e. The molecule has 6 heteroatoms. The van der Waals surface area contributed by atoms with Crippen LogP contribution in [0.2, 0.25) is 0 Å². The quantitative estimate of drug-likeness (QED) is 0.743. The summed E-state index contributed by atoms with van der Waals surface area (Å²) in [5.41, 5.74) is 1.96. The highest BCUT2D eigenvalue weighted by atomic mass is 16.4. The Balaban J connectivity index is 2.12. The third-order valence-corrected chi connectivity index (χ3v) is 3.93. The van der Waals surface area contributed by atoms with E-state index in [9.17, 15) is 14.4 Å². The molecule has 0 heterocycles. The molecular formula is C20H22N2O4. The summed E-state index contributed by atoms with van der Waals surface area (Å²) in [4.78, 5) is 36.0. The Hall–Kier alpha value is -3.15. The molecular weight excluding hydrogens is 332 g/mol. The van der Waals surface area contributed by atoms with Gasteiger partial charge in [0.2, 0.25) is 5.91 Å². The van der Waals surface area contributed by atoms with Gasteiger partial charge >= 0.3 is 5.97 Å². The van der Waals surface area contributed by atoms with Crippen molar-refractivity contribution in [3.63, 3.8) is 0 Å². The number of anilines is 1. The summed E-state index contributed by atoms with van der Waals surface area (Å²) >= 11 is 0. The number of carboxylic acids is 1. The molecule has 2 rings (SSSR count). The van der Waals surface area contributed by atoms with Gasteiger partial charge in [0.05, 0.1) is 5.56 Å². The maximum absolute atomic E-state index is 12.6. The Morgan fingerprint density at radius 1 is 0.962 bits per heavy atom. The molecule has 0 aliphatic rings. The van der Waals surface area contributed by atoms with E-state index in [1.165, 1.54) is 12.1 Å². The van der Waals surface area contributed by atoms with E-state index >= 15 is 0 Å². The summed E-state index contributed by atoms with van der Waals surface area (Å²) in [6, 6.07) is 12.3. The number of rotatable bonds is 6. The highest BCUT2D eigenvalue weighted by Crippen LogP contribution is 2.13. The lowest BCUT2D eigenvalue weighted by atomic mass is 10.0. The van der Waals surface area contributed by atoms with Crippen LogP contribution in [0, 0.1) is 12.8 Å². The Labute approximate surface area is 152 Å². The summed E-state index contributed by atoms with van der Waals surface area (Å²) in [5.74, 6) is -1.96. The second-order valence-corrected chi connectivity index (χ2v) is 6.44. The van der Waals surface area contributed by atoms with Crippen molar-refractivity contribution in [1.82, 2.24) is 5.32 Å². The lowest BCUT2D eigenvalue weighted by Gasteiger charge is -2.22. The fraction of sp³-hybridized carbons (Fsp3) is 0.250. The molecule has 0 fully saturated rings. The first-order valence-corrected chi connectivity index (χ1v) is 8.29. The smallest absolute Gasteiger partial charge is 0.335 e. The van der Waals surface area contributed by atoms with E-state index in [2.05, 4.69) is 10.6 Å². The molecule has 0 saturated heterocycles. The van der Waals surface area contributed by atoms with Crippen LogP contribution in [-0.2, 0) is 4.79 Å². The van der Waals surface area contributed by atoms with Gasteiger partial charge in [0.15, 0.2) is 0 Å². The fourth-order valence-electron chi connectivity index (χ4n) is 2.41. The normalized spacial score (nSPS) is 11.7. The van der Waals surface area contributed by atoms with Crippen LogP contribution in [0.5, 0.6) is 0 Å². The number of carboxylic acid groups (broad SMARTS) is 1. The standard InChI is InChI=1S/C20H22N2O4/c1-12(2)17(22-18(23)14-9-7-13(3)8-10-14)19(24)21-16-6-4-5-15(11-16)20(25)26/h4-12,17H,1-3H3,(H,21,24)(H,22,23)(H,25,26). The Bertz CT molecular complexity index is 813. The second-order valence-electron chi connectivity index (χ2n) is 6.44. The Morgan fingerprint density at radius 2 is 1.62 bits per heavy atom. The van der Waals surface area contributed by atoms with E-state index in [1.54, 1.807) is 24.3 Å². The van der Waals surface area contributed by atoms with E-state index in [0.717, 1.165) is 5.56 Å². The van der Waals surface area contributed by atoms with Crippen LogP contribution in [0.15, 0.2) is 48.5 Å². The van der Waals surface area contributed by atoms with Gasteiger partial charge in [-0.15, -0.1) is 0 Å². The van der Waals surface area contributed by atoms with Gasteiger partial charge < -0.3 is 15.7 Å². The minimum absolute atomic E-state index is 0.0765. The maximum atomic E-state index is 12.6. The Morgan fingerprint density at radius 3 is 2.19 bits per heavy atom. The Kier molecular flexibility index (Phi) is 6.11. The van der Waals surface area contributed by atoms with Crippen LogP contribution in [0.3, 0.4) is 0 Å². The van der Waals surface area contributed by atoms with Crippen molar-refractivity contribution >= 4 is 23.5 Å². The molecule has 6 nitrogen and oxygen atoms in total. The third-order valence-electron chi connectivity index (χ3n) is 3.93. The molecule has 0 saturated carbocycles. The minimum atomic E-state index is -1.07. The molecule has 136 valence electrons. The monoisotopic (exact) mass is 354 g/mol. The van der Waals surface area contributed by atoms with Gasteiger partial charge in [0.1, 0.15) is 6.04 Å². The van der Waals surface area contributed by atoms with Crippen molar-refractivity contribution < 1.29 is 19.5 Å². The van der Waals surface area contributed by atoms with Crippen molar-refractivity contribution in [1.29, 1.82) is 0 Å². The number of carbonyl (C=O) groups is 3. The highest BCUT2D eigenvalue weighted by molar-refractivity contribution is 6.01. The van der Waals surface area contributed by atoms with Crippen molar-refractivity contribution in [2.24, 2.45) is 5.92 Å². The van der Waals surface area contributed by atoms with Gasteiger partial charge in [-0.3, -0.25) is 9.59 Å². The van der Waals surface area contributed by atoms with E-state index in [-0.39, 0.29) is 17.4 Å². The molecule has 2 aromatic carbocycles. The molecule has 3 N–H and O–H groups in total. The van der Waals surface area contributed by atoms with Gasteiger partial charge in [0.25, 0.3) is 5.91 Å². The van der Waals surface area contributed by atoms with Crippen LogP contribution < -0.4 is 10.6 Å². The molecule has 2 aromatic rings. The highest BCUT2D eigenvalue weighted by Gasteiger charge is 2.25. The molecule has 0 aliphatic carbocycles. The van der Waals surface area contributed by atoms with E-state index < -0.39 is 17.9 Å². The SMILES string of the molecule is Cc1ccc(C(=O)NC(C(=O)Nc2cccc(C(=O)O)c2)C(C)C)cc1. The number of nitrogens with one attached hydrogen (secondary N) is 2. The van der Waals surface area contributed by atoms with Gasteiger partial charge in [-0.2, -0.15) is 0 Å². The zero-order valence-corrected chi connectivity index (χ0v) is 14.9. The minimum Gasteiger partial charge on any atom is -0.478 e. The van der Waals surface area contributed by atoms with Crippen molar-refractivity contribution in [3.05, 3.63) is 65.2 Å². The molecule has 1 atom stereocenters. The van der Waals surface area contributed by atoms with Crippen LogP contribution in [0.25, 0.3) is 0 Å². The first-order valence-electron chi connectivity index (χ1n) is 8.29. The molecule has 0 radical (unpaired) electrons. The number of aromatic carboxylic acids is 1. The molecule has 1 unspecified atom stereocenters. The number of hydrogen-bond donors (Lipinski definition) is 3. The third kappa shape index (κ3) is 4.92. The maximum Gasteiger partial charge on any atom is 0.335 e. The number of benzene rings is 2. The van der Waals surface area contributed by atoms with Gasteiger partial charge in [-0.05, 0) is 43.2 Å². The molecule has 0 bridgehead atoms. The summed E-state index contributed by atoms with van der Waals surface area (Å²) in [6.07, 6.45) is 0. The van der Waals surface area contributed by atoms with Crippen LogP contribution in [-0.4, -0.2) is 28.9 Å². The van der Waals surface area contributed by atoms with Crippen molar-refractivity contribution in [3.8, 4) is 0 Å².